The summed E-state index contributed by atoms with van der Waals surface area (Å²) in [5.74, 6) is -1.90. The van der Waals surface area contributed by atoms with Gasteiger partial charge >= 0.3 is 5.97 Å². The first-order valence-corrected chi connectivity index (χ1v) is 8.14. The average molecular weight is 399 g/mol. The van der Waals surface area contributed by atoms with Gasteiger partial charge in [0.05, 0.1) is 10.7 Å². The normalized spacial score (nSPS) is 15.1. The van der Waals surface area contributed by atoms with Gasteiger partial charge in [0, 0.05) is 33.3 Å². The van der Waals surface area contributed by atoms with E-state index in [1.54, 1.807) is 12.1 Å². The van der Waals surface area contributed by atoms with Crippen LogP contribution in [0.15, 0.2) is 36.4 Å². The molecule has 0 saturated carbocycles. The van der Waals surface area contributed by atoms with Crippen LogP contribution >= 0.6 is 34.8 Å². The number of hydrogen-bond acceptors (Lipinski definition) is 3. The predicted molar refractivity (Wildman–Crippen MR) is 96.4 cm³/mol. The minimum Gasteiger partial charge on any atom is -0.478 e. The molecule has 1 aliphatic rings. The topological polar surface area (TPSA) is 86.6 Å². The highest BCUT2D eigenvalue weighted by Gasteiger charge is 2.32. The highest BCUT2D eigenvalue weighted by Crippen LogP contribution is 2.51. The van der Waals surface area contributed by atoms with Gasteiger partial charge in [-0.1, -0.05) is 34.8 Å². The molecule has 0 aliphatic heterocycles. The van der Waals surface area contributed by atoms with Gasteiger partial charge in [0.2, 0.25) is 5.91 Å². The number of anilines is 1. The van der Waals surface area contributed by atoms with E-state index in [4.69, 9.17) is 39.9 Å². The largest absolute Gasteiger partial charge is 0.478 e. The predicted octanol–water partition coefficient (Wildman–Crippen LogP) is 4.29. The quantitative estimate of drug-likeness (QED) is 0.673. The lowest BCUT2D eigenvalue weighted by atomic mass is 10.0. The molecule has 1 atom stereocenters. The lowest BCUT2D eigenvalue weighted by Gasteiger charge is -2.12. The molecule has 0 fully saturated rings. The number of halogens is 3. The average Bonchev–Trinajstić information content (AvgIpc) is 2.79. The van der Waals surface area contributed by atoms with Gasteiger partial charge in [-0.15, -0.1) is 0 Å². The van der Waals surface area contributed by atoms with Crippen molar-refractivity contribution in [2.24, 2.45) is 0 Å². The van der Waals surface area contributed by atoms with Gasteiger partial charge in [-0.05, 0) is 35.4 Å². The van der Waals surface area contributed by atoms with E-state index in [2.05, 4.69) is 5.32 Å². The molecule has 1 aliphatic carbocycles. The fourth-order valence-electron chi connectivity index (χ4n) is 2.78. The molecule has 0 heterocycles. The van der Waals surface area contributed by atoms with Gasteiger partial charge in [0.1, 0.15) is 6.10 Å². The van der Waals surface area contributed by atoms with Crippen LogP contribution in [0.4, 0.5) is 5.69 Å². The van der Waals surface area contributed by atoms with E-state index in [0.29, 0.717) is 43.0 Å². The zero-order valence-corrected chi connectivity index (χ0v) is 14.7. The van der Waals surface area contributed by atoms with Gasteiger partial charge in [0.25, 0.3) is 0 Å². The molecule has 3 rings (SSSR count). The van der Waals surface area contributed by atoms with Gasteiger partial charge < -0.3 is 15.5 Å². The Morgan fingerprint density at radius 3 is 2.20 bits per heavy atom. The SMILES string of the molecule is O=C(O)/C=C/C(=O)Nc1cc(Cl)cc2c1-c1c(Cl)cc(Cl)cc1[C@H]2O. The summed E-state index contributed by atoms with van der Waals surface area (Å²) < 4.78 is 0. The molecule has 8 heteroatoms. The maximum atomic E-state index is 11.9. The summed E-state index contributed by atoms with van der Waals surface area (Å²) in [6.07, 6.45) is 0.603. The van der Waals surface area contributed by atoms with Crippen LogP contribution in [0, 0.1) is 0 Å². The zero-order chi connectivity index (χ0) is 18.3. The Morgan fingerprint density at radius 1 is 0.960 bits per heavy atom. The number of fused-ring (bicyclic) bond motifs is 3. The van der Waals surface area contributed by atoms with Crippen LogP contribution in [-0.2, 0) is 9.59 Å². The van der Waals surface area contributed by atoms with Crippen molar-refractivity contribution in [3.8, 4) is 11.1 Å². The third kappa shape index (κ3) is 3.37. The summed E-state index contributed by atoms with van der Waals surface area (Å²) in [6.45, 7) is 0. The molecule has 0 saturated heterocycles. The number of aliphatic hydroxyl groups excluding tert-OH is 1. The summed E-state index contributed by atoms with van der Waals surface area (Å²) in [5.41, 5.74) is 2.36. The van der Waals surface area contributed by atoms with Crippen molar-refractivity contribution < 1.29 is 19.8 Å². The maximum Gasteiger partial charge on any atom is 0.328 e. The second-order valence-corrected chi connectivity index (χ2v) is 6.61. The Hall–Kier alpha value is -2.05. The summed E-state index contributed by atoms with van der Waals surface area (Å²) in [6, 6.07) is 6.21. The Morgan fingerprint density at radius 2 is 1.56 bits per heavy atom. The fraction of sp³-hybridized carbons (Fsp3) is 0.0588. The van der Waals surface area contributed by atoms with Gasteiger partial charge in [-0.25, -0.2) is 4.79 Å². The lowest BCUT2D eigenvalue weighted by molar-refractivity contribution is -0.131. The van der Waals surface area contributed by atoms with Crippen LogP contribution in [-0.4, -0.2) is 22.1 Å². The van der Waals surface area contributed by atoms with Crippen molar-refractivity contribution in [2.45, 2.75) is 6.10 Å². The number of amides is 1. The second-order valence-electron chi connectivity index (χ2n) is 5.33. The molecular weight excluding hydrogens is 389 g/mol. The van der Waals surface area contributed by atoms with Crippen molar-refractivity contribution in [1.29, 1.82) is 0 Å². The number of carboxylic acid groups (broad SMARTS) is 1. The second kappa shape index (κ2) is 6.69. The first-order chi connectivity index (χ1) is 11.8. The van der Waals surface area contributed by atoms with E-state index in [1.807, 2.05) is 0 Å². The minimum absolute atomic E-state index is 0.297. The molecule has 3 N–H and O–H groups in total. The zero-order valence-electron chi connectivity index (χ0n) is 12.4. The minimum atomic E-state index is -1.25. The van der Waals surface area contributed by atoms with Crippen molar-refractivity contribution >= 4 is 52.4 Å². The molecule has 0 bridgehead atoms. The third-order valence-corrected chi connectivity index (χ3v) is 4.43. The molecule has 25 heavy (non-hydrogen) atoms. The molecule has 5 nitrogen and oxygen atoms in total. The van der Waals surface area contributed by atoms with Crippen molar-refractivity contribution in [2.75, 3.05) is 5.32 Å². The molecule has 0 unspecified atom stereocenters. The van der Waals surface area contributed by atoms with E-state index >= 15 is 0 Å². The number of hydrogen-bond donors (Lipinski definition) is 3. The fourth-order valence-corrected chi connectivity index (χ4v) is 3.61. The van der Waals surface area contributed by atoms with E-state index < -0.39 is 18.0 Å². The molecule has 0 radical (unpaired) electrons. The number of aliphatic carboxylic acids is 1. The Labute approximate surface area is 157 Å². The van der Waals surface area contributed by atoms with E-state index in [1.165, 1.54) is 12.1 Å². The number of benzene rings is 2. The Kier molecular flexibility index (Phi) is 4.75. The molecule has 0 spiro atoms. The monoisotopic (exact) mass is 397 g/mol. The highest BCUT2D eigenvalue weighted by molar-refractivity contribution is 6.37. The molecule has 1 amide bonds. The summed E-state index contributed by atoms with van der Waals surface area (Å²) in [5, 5.41) is 22.7. The summed E-state index contributed by atoms with van der Waals surface area (Å²) >= 11 is 18.4. The van der Waals surface area contributed by atoms with Crippen LogP contribution in [0.2, 0.25) is 15.1 Å². The van der Waals surface area contributed by atoms with Crippen LogP contribution < -0.4 is 5.32 Å². The van der Waals surface area contributed by atoms with E-state index in [9.17, 15) is 14.7 Å². The van der Waals surface area contributed by atoms with Crippen LogP contribution in [0.3, 0.4) is 0 Å². The number of carbonyl (C=O) groups is 2. The smallest absolute Gasteiger partial charge is 0.328 e. The van der Waals surface area contributed by atoms with Gasteiger partial charge in [0.15, 0.2) is 0 Å². The standard InChI is InChI=1S/C17H10Cl3NO4/c18-7-3-9-15(11(20)5-7)16-10(17(9)25)4-8(19)6-12(16)21-13(22)1-2-14(23)24/h1-6,17,25H,(H,21,22)(H,23,24)/b2-1+/t17-/m1/s1. The van der Waals surface area contributed by atoms with Crippen LogP contribution in [0.25, 0.3) is 11.1 Å². The van der Waals surface area contributed by atoms with Gasteiger partial charge in [-0.3, -0.25) is 4.79 Å². The molecular formula is C17H10Cl3NO4. The third-order valence-electron chi connectivity index (χ3n) is 3.69. The first-order valence-electron chi connectivity index (χ1n) is 7.00. The number of rotatable bonds is 3. The first kappa shape index (κ1) is 17.8. The molecule has 0 aromatic heterocycles. The molecule has 2 aromatic carbocycles. The molecule has 128 valence electrons. The van der Waals surface area contributed by atoms with E-state index in [-0.39, 0.29) is 0 Å². The lowest BCUT2D eigenvalue weighted by Crippen LogP contribution is -2.10. The van der Waals surface area contributed by atoms with Crippen LogP contribution in [0.1, 0.15) is 17.2 Å². The number of carboxylic acids is 1. The summed E-state index contributed by atoms with van der Waals surface area (Å²) in [4.78, 5) is 22.5. The Bertz CT molecular complexity index is 940. The highest BCUT2D eigenvalue weighted by atomic mass is 35.5. The number of nitrogens with one attached hydrogen (secondary N) is 1. The van der Waals surface area contributed by atoms with Crippen molar-refractivity contribution in [3.63, 3.8) is 0 Å². The Balaban J connectivity index is 2.13. The van der Waals surface area contributed by atoms with E-state index in [0.717, 1.165) is 12.2 Å². The number of aliphatic hydroxyl groups is 1. The molecule has 2 aromatic rings. The summed E-state index contributed by atoms with van der Waals surface area (Å²) in [7, 11) is 0. The van der Waals surface area contributed by atoms with Crippen molar-refractivity contribution in [3.05, 3.63) is 62.6 Å². The maximum absolute atomic E-state index is 11.9. The van der Waals surface area contributed by atoms with Crippen molar-refractivity contribution in [1.82, 2.24) is 0 Å². The number of carbonyl (C=O) groups excluding carboxylic acids is 1. The van der Waals surface area contributed by atoms with Crippen LogP contribution in [0.5, 0.6) is 0 Å². The van der Waals surface area contributed by atoms with Gasteiger partial charge in [-0.2, -0.15) is 0 Å².